The summed E-state index contributed by atoms with van der Waals surface area (Å²) >= 11 is 0. The molecule has 0 amide bonds. The van der Waals surface area contributed by atoms with Gasteiger partial charge in [-0.2, -0.15) is 18.3 Å². The minimum absolute atomic E-state index is 0.426. The van der Waals surface area contributed by atoms with E-state index in [9.17, 15) is 13.2 Å². The van der Waals surface area contributed by atoms with Gasteiger partial charge in [-0.3, -0.25) is 9.58 Å². The molecule has 1 fully saturated rings. The summed E-state index contributed by atoms with van der Waals surface area (Å²) in [7, 11) is 0. The van der Waals surface area contributed by atoms with Crippen molar-refractivity contribution in [3.8, 4) is 0 Å². The summed E-state index contributed by atoms with van der Waals surface area (Å²) < 4.78 is 33.8. The zero-order valence-electron chi connectivity index (χ0n) is 11.2. The molecule has 0 aromatic carbocycles. The standard InChI is InChI=1S/C10H17N3.C2HF3O2/c1-10(13-9-5-6-11-13)12-7-3-2-4-8-12;3-2(4,5)1(6)7/h5-6,9-10H,2-4,7-8H2,1H3;(H,6,7). The Morgan fingerprint density at radius 2 is 1.85 bits per heavy atom. The van der Waals surface area contributed by atoms with Crippen LogP contribution in [0.25, 0.3) is 0 Å². The predicted molar refractivity (Wildman–Crippen MR) is 66.1 cm³/mol. The molecule has 1 atom stereocenters. The van der Waals surface area contributed by atoms with Crippen molar-refractivity contribution >= 4 is 5.97 Å². The van der Waals surface area contributed by atoms with Gasteiger partial charge in [0, 0.05) is 25.5 Å². The molecular formula is C12H18F3N3O2. The molecule has 1 N–H and O–H groups in total. The third kappa shape index (κ3) is 5.20. The average Bonchev–Trinajstić information content (AvgIpc) is 2.92. The van der Waals surface area contributed by atoms with Crippen molar-refractivity contribution in [1.82, 2.24) is 14.7 Å². The third-order valence-corrected chi connectivity index (χ3v) is 3.07. The molecule has 0 bridgehead atoms. The lowest BCUT2D eigenvalue weighted by molar-refractivity contribution is -0.192. The van der Waals surface area contributed by atoms with Crippen molar-refractivity contribution in [3.63, 3.8) is 0 Å². The van der Waals surface area contributed by atoms with Crippen LogP contribution in [0.15, 0.2) is 18.5 Å². The maximum atomic E-state index is 10.6. The fourth-order valence-electron chi connectivity index (χ4n) is 1.96. The van der Waals surface area contributed by atoms with Gasteiger partial charge in [0.25, 0.3) is 0 Å². The van der Waals surface area contributed by atoms with E-state index in [2.05, 4.69) is 16.9 Å². The summed E-state index contributed by atoms with van der Waals surface area (Å²) in [5.41, 5.74) is 0. The van der Waals surface area contributed by atoms with E-state index >= 15 is 0 Å². The highest BCUT2D eigenvalue weighted by atomic mass is 19.4. The molecule has 1 aliphatic rings. The summed E-state index contributed by atoms with van der Waals surface area (Å²) in [5.74, 6) is -2.76. The summed E-state index contributed by atoms with van der Waals surface area (Å²) in [4.78, 5) is 11.4. The number of carboxylic acids is 1. The highest BCUT2D eigenvalue weighted by Crippen LogP contribution is 2.17. The number of halogens is 3. The Morgan fingerprint density at radius 1 is 1.30 bits per heavy atom. The largest absolute Gasteiger partial charge is 0.490 e. The fourth-order valence-corrected chi connectivity index (χ4v) is 1.96. The van der Waals surface area contributed by atoms with E-state index < -0.39 is 12.1 Å². The molecule has 1 saturated heterocycles. The maximum Gasteiger partial charge on any atom is 0.490 e. The van der Waals surface area contributed by atoms with Crippen LogP contribution in [0.1, 0.15) is 32.4 Å². The van der Waals surface area contributed by atoms with Crippen LogP contribution in [-0.2, 0) is 4.79 Å². The molecule has 0 aliphatic carbocycles. The van der Waals surface area contributed by atoms with Crippen LogP contribution in [-0.4, -0.2) is 45.0 Å². The Kier molecular flexibility index (Phi) is 6.00. The van der Waals surface area contributed by atoms with Crippen molar-refractivity contribution in [3.05, 3.63) is 18.5 Å². The zero-order chi connectivity index (χ0) is 15.2. The number of carbonyl (C=O) groups is 1. The Balaban J connectivity index is 0.000000246. The molecule has 5 nitrogen and oxygen atoms in total. The van der Waals surface area contributed by atoms with Crippen LogP contribution in [0.4, 0.5) is 13.2 Å². The van der Waals surface area contributed by atoms with Crippen molar-refractivity contribution < 1.29 is 23.1 Å². The van der Waals surface area contributed by atoms with Gasteiger partial charge >= 0.3 is 12.1 Å². The Bertz CT molecular complexity index is 401. The van der Waals surface area contributed by atoms with E-state index in [1.165, 1.54) is 32.4 Å². The smallest absolute Gasteiger partial charge is 0.475 e. The Labute approximate surface area is 115 Å². The normalized spacial score (nSPS) is 18.0. The van der Waals surface area contributed by atoms with E-state index in [0.29, 0.717) is 6.17 Å². The molecule has 2 rings (SSSR count). The van der Waals surface area contributed by atoms with Gasteiger partial charge in [0.05, 0.1) is 0 Å². The molecule has 2 heterocycles. The van der Waals surface area contributed by atoms with E-state index in [1.54, 1.807) is 0 Å². The molecule has 1 aliphatic heterocycles. The second-order valence-electron chi connectivity index (χ2n) is 4.52. The van der Waals surface area contributed by atoms with Crippen molar-refractivity contribution in [1.29, 1.82) is 0 Å². The van der Waals surface area contributed by atoms with Crippen LogP contribution in [0.2, 0.25) is 0 Å². The molecule has 114 valence electrons. The number of alkyl halides is 3. The summed E-state index contributed by atoms with van der Waals surface area (Å²) in [6, 6.07) is 1.99. The first-order chi connectivity index (χ1) is 9.32. The van der Waals surface area contributed by atoms with Crippen LogP contribution >= 0.6 is 0 Å². The summed E-state index contributed by atoms with van der Waals surface area (Å²) in [5, 5.41) is 11.4. The highest BCUT2D eigenvalue weighted by molar-refractivity contribution is 5.73. The molecule has 1 aromatic heterocycles. The van der Waals surface area contributed by atoms with Gasteiger partial charge in [0.2, 0.25) is 0 Å². The van der Waals surface area contributed by atoms with Crippen molar-refractivity contribution in [2.45, 2.75) is 38.5 Å². The van der Waals surface area contributed by atoms with E-state index in [-0.39, 0.29) is 0 Å². The number of hydrogen-bond donors (Lipinski definition) is 1. The molecule has 20 heavy (non-hydrogen) atoms. The van der Waals surface area contributed by atoms with Crippen molar-refractivity contribution in [2.75, 3.05) is 13.1 Å². The van der Waals surface area contributed by atoms with Gasteiger partial charge in [0.15, 0.2) is 0 Å². The number of aromatic nitrogens is 2. The Morgan fingerprint density at radius 3 is 2.25 bits per heavy atom. The first-order valence-electron chi connectivity index (χ1n) is 6.35. The predicted octanol–water partition coefficient (Wildman–Crippen LogP) is 2.52. The van der Waals surface area contributed by atoms with Crippen LogP contribution < -0.4 is 0 Å². The van der Waals surface area contributed by atoms with Gasteiger partial charge < -0.3 is 5.11 Å². The number of hydrogen-bond acceptors (Lipinski definition) is 3. The number of carboxylic acid groups (broad SMARTS) is 1. The fraction of sp³-hybridized carbons (Fsp3) is 0.667. The molecule has 0 saturated carbocycles. The second-order valence-corrected chi connectivity index (χ2v) is 4.52. The van der Waals surface area contributed by atoms with Crippen LogP contribution in [0.5, 0.6) is 0 Å². The van der Waals surface area contributed by atoms with Gasteiger partial charge in [0.1, 0.15) is 6.17 Å². The molecule has 0 spiro atoms. The molecule has 8 heteroatoms. The molecule has 0 radical (unpaired) electrons. The van der Waals surface area contributed by atoms with Gasteiger partial charge in [-0.1, -0.05) is 6.42 Å². The molecular weight excluding hydrogens is 275 g/mol. The van der Waals surface area contributed by atoms with Gasteiger partial charge in [-0.05, 0) is 25.8 Å². The number of nitrogens with zero attached hydrogens (tertiary/aromatic N) is 3. The zero-order valence-corrected chi connectivity index (χ0v) is 11.2. The van der Waals surface area contributed by atoms with Gasteiger partial charge in [-0.15, -0.1) is 0 Å². The second kappa shape index (κ2) is 7.28. The number of aliphatic carboxylic acids is 1. The lowest BCUT2D eigenvalue weighted by Gasteiger charge is -2.32. The SMILES string of the molecule is CC(N1CCCCC1)n1cccn1.O=C(O)C(F)(F)F. The van der Waals surface area contributed by atoms with E-state index in [0.717, 1.165) is 0 Å². The van der Waals surface area contributed by atoms with Gasteiger partial charge in [-0.25, -0.2) is 4.79 Å². The maximum absolute atomic E-state index is 10.6. The average molecular weight is 293 g/mol. The topological polar surface area (TPSA) is 58.4 Å². The van der Waals surface area contributed by atoms with E-state index in [1.807, 2.05) is 23.1 Å². The van der Waals surface area contributed by atoms with Crippen molar-refractivity contribution in [2.24, 2.45) is 0 Å². The van der Waals surface area contributed by atoms with Crippen LogP contribution in [0, 0.1) is 0 Å². The number of rotatable bonds is 2. The number of likely N-dealkylation sites (tertiary alicyclic amines) is 1. The first-order valence-corrected chi connectivity index (χ1v) is 6.35. The molecule has 1 unspecified atom stereocenters. The first kappa shape index (κ1) is 16.5. The van der Waals surface area contributed by atoms with E-state index in [4.69, 9.17) is 9.90 Å². The lowest BCUT2D eigenvalue weighted by Crippen LogP contribution is -2.35. The van der Waals surface area contributed by atoms with Crippen LogP contribution in [0.3, 0.4) is 0 Å². The summed E-state index contributed by atoms with van der Waals surface area (Å²) in [6.07, 6.45) is 3.30. The number of piperidine rings is 1. The minimum Gasteiger partial charge on any atom is -0.475 e. The quantitative estimate of drug-likeness (QED) is 0.910. The minimum atomic E-state index is -5.08. The highest BCUT2D eigenvalue weighted by Gasteiger charge is 2.38. The monoisotopic (exact) mass is 293 g/mol. The molecule has 1 aromatic rings. The third-order valence-electron chi connectivity index (χ3n) is 3.07. The Hall–Kier alpha value is -1.57. The summed E-state index contributed by atoms with van der Waals surface area (Å²) in [6.45, 7) is 4.67. The lowest BCUT2D eigenvalue weighted by atomic mass is 10.1.